The largest absolute Gasteiger partial charge is 0.465 e. The maximum atomic E-state index is 11.2. The van der Waals surface area contributed by atoms with Crippen molar-refractivity contribution in [2.75, 3.05) is 0 Å². The van der Waals surface area contributed by atoms with Crippen molar-refractivity contribution >= 4 is 12.4 Å². The van der Waals surface area contributed by atoms with Crippen molar-refractivity contribution in [3.8, 4) is 0 Å². The van der Waals surface area contributed by atoms with E-state index < -0.39 is 0 Å². The molecule has 4 heteroatoms. The molecule has 0 aromatic rings. The average Bonchev–Trinajstić information content (AvgIpc) is 2.49. The molecule has 20 heavy (non-hydrogen) atoms. The summed E-state index contributed by atoms with van der Waals surface area (Å²) in [6.45, 7) is 4.00. The lowest BCUT2D eigenvalue weighted by Gasteiger charge is -2.37. The molecule has 0 unspecified atom stereocenters. The lowest BCUT2D eigenvalue weighted by atomic mass is 9.72. The SMILES string of the molecule is C=CC(=O)OC1CCC(C2CCC(OC=O)CC2)CC1. The highest BCUT2D eigenvalue weighted by atomic mass is 16.5. The Balaban J connectivity index is 1.70. The monoisotopic (exact) mass is 280 g/mol. The van der Waals surface area contributed by atoms with Gasteiger partial charge < -0.3 is 9.47 Å². The summed E-state index contributed by atoms with van der Waals surface area (Å²) in [6.07, 6.45) is 9.95. The van der Waals surface area contributed by atoms with Gasteiger partial charge in [0.05, 0.1) is 0 Å². The standard InChI is InChI=1S/C16H24O4/c1-2-16(18)20-15-9-5-13(6-10-15)12-3-7-14(8-4-12)19-11-17/h2,11-15H,1,3-10H2. The van der Waals surface area contributed by atoms with Crippen LogP contribution in [-0.4, -0.2) is 24.6 Å². The predicted octanol–water partition coefficient (Wildman–Crippen LogP) is 3.01. The number of hydrogen-bond acceptors (Lipinski definition) is 4. The maximum absolute atomic E-state index is 11.2. The first-order valence-electron chi connectivity index (χ1n) is 7.65. The number of carbonyl (C=O) groups excluding carboxylic acids is 2. The van der Waals surface area contributed by atoms with Crippen LogP contribution in [0, 0.1) is 11.8 Å². The van der Waals surface area contributed by atoms with E-state index in [9.17, 15) is 9.59 Å². The van der Waals surface area contributed by atoms with Gasteiger partial charge in [-0.05, 0) is 63.2 Å². The third-order valence-corrected chi connectivity index (χ3v) is 4.80. The Morgan fingerprint density at radius 1 is 0.900 bits per heavy atom. The number of hydrogen-bond donors (Lipinski definition) is 0. The van der Waals surface area contributed by atoms with Gasteiger partial charge in [0.2, 0.25) is 0 Å². The molecular weight excluding hydrogens is 256 g/mol. The fourth-order valence-corrected chi connectivity index (χ4v) is 3.66. The Morgan fingerprint density at radius 2 is 1.40 bits per heavy atom. The van der Waals surface area contributed by atoms with Crippen molar-refractivity contribution in [1.29, 1.82) is 0 Å². The smallest absolute Gasteiger partial charge is 0.330 e. The highest BCUT2D eigenvalue weighted by Gasteiger charge is 2.32. The van der Waals surface area contributed by atoms with Crippen molar-refractivity contribution in [2.45, 2.75) is 63.6 Å². The van der Waals surface area contributed by atoms with Gasteiger partial charge in [0.15, 0.2) is 0 Å². The second kappa shape index (κ2) is 7.46. The minimum absolute atomic E-state index is 0.0754. The van der Waals surface area contributed by atoms with E-state index in [0.29, 0.717) is 6.47 Å². The van der Waals surface area contributed by atoms with Gasteiger partial charge in [-0.2, -0.15) is 0 Å². The molecule has 0 spiro atoms. The van der Waals surface area contributed by atoms with E-state index >= 15 is 0 Å². The molecule has 0 N–H and O–H groups in total. The summed E-state index contributed by atoms with van der Waals surface area (Å²) in [4.78, 5) is 21.5. The van der Waals surface area contributed by atoms with Crippen LogP contribution in [0.25, 0.3) is 0 Å². The van der Waals surface area contributed by atoms with Crippen molar-refractivity contribution in [3.05, 3.63) is 12.7 Å². The van der Waals surface area contributed by atoms with Crippen molar-refractivity contribution < 1.29 is 19.1 Å². The molecule has 0 saturated heterocycles. The van der Waals surface area contributed by atoms with Gasteiger partial charge in [0, 0.05) is 6.08 Å². The molecule has 112 valence electrons. The number of ether oxygens (including phenoxy) is 2. The number of carbonyl (C=O) groups is 2. The van der Waals surface area contributed by atoms with Gasteiger partial charge in [0.1, 0.15) is 12.2 Å². The maximum Gasteiger partial charge on any atom is 0.330 e. The van der Waals surface area contributed by atoms with Crippen molar-refractivity contribution in [1.82, 2.24) is 0 Å². The average molecular weight is 280 g/mol. The third-order valence-electron chi connectivity index (χ3n) is 4.80. The molecule has 0 heterocycles. The minimum atomic E-state index is -0.306. The molecule has 2 aliphatic carbocycles. The Kier molecular flexibility index (Phi) is 5.62. The van der Waals surface area contributed by atoms with Gasteiger partial charge in [-0.1, -0.05) is 6.58 Å². The molecule has 2 aliphatic rings. The first-order chi connectivity index (χ1) is 9.72. The molecule has 0 amide bonds. The van der Waals surface area contributed by atoms with Crippen molar-refractivity contribution in [3.63, 3.8) is 0 Å². The zero-order valence-electron chi connectivity index (χ0n) is 12.0. The molecule has 0 atom stereocenters. The number of rotatable bonds is 5. The van der Waals surface area contributed by atoms with Gasteiger partial charge in [-0.15, -0.1) is 0 Å². The highest BCUT2D eigenvalue weighted by molar-refractivity contribution is 5.81. The van der Waals surface area contributed by atoms with E-state index in [1.165, 1.54) is 6.08 Å². The predicted molar refractivity (Wildman–Crippen MR) is 74.9 cm³/mol. The summed E-state index contributed by atoms with van der Waals surface area (Å²) in [5, 5.41) is 0. The normalized spacial score (nSPS) is 34.0. The van der Waals surface area contributed by atoms with E-state index in [-0.39, 0.29) is 18.2 Å². The van der Waals surface area contributed by atoms with Gasteiger partial charge in [0.25, 0.3) is 6.47 Å². The summed E-state index contributed by atoms with van der Waals surface area (Å²) < 4.78 is 10.4. The van der Waals surface area contributed by atoms with Gasteiger partial charge >= 0.3 is 5.97 Å². The van der Waals surface area contributed by atoms with Crippen LogP contribution in [-0.2, 0) is 19.1 Å². The quantitative estimate of drug-likeness (QED) is 0.441. The lowest BCUT2D eigenvalue weighted by molar-refractivity contribution is -0.145. The Bertz CT molecular complexity index is 336. The summed E-state index contributed by atoms with van der Waals surface area (Å²) in [5.41, 5.74) is 0. The Hall–Kier alpha value is -1.32. The third kappa shape index (κ3) is 4.09. The van der Waals surface area contributed by atoms with E-state index in [2.05, 4.69) is 6.58 Å². The second-order valence-electron chi connectivity index (χ2n) is 5.95. The summed E-state index contributed by atoms with van der Waals surface area (Å²) in [7, 11) is 0. The lowest BCUT2D eigenvalue weighted by Crippen LogP contribution is -2.31. The molecule has 4 nitrogen and oxygen atoms in total. The molecule has 2 fully saturated rings. The molecule has 2 saturated carbocycles. The Labute approximate surface area is 120 Å². The first-order valence-corrected chi connectivity index (χ1v) is 7.65. The molecule has 0 aromatic heterocycles. The molecule has 2 rings (SSSR count). The van der Waals surface area contributed by atoms with Gasteiger partial charge in [-0.25, -0.2) is 4.79 Å². The molecule has 0 bridgehead atoms. The summed E-state index contributed by atoms with van der Waals surface area (Å²) in [6, 6.07) is 0. The molecule has 0 aliphatic heterocycles. The van der Waals surface area contributed by atoms with Crippen LogP contribution in [0.1, 0.15) is 51.4 Å². The minimum Gasteiger partial charge on any atom is -0.465 e. The van der Waals surface area contributed by atoms with Crippen LogP contribution in [0.15, 0.2) is 12.7 Å². The summed E-state index contributed by atoms with van der Waals surface area (Å²) in [5.74, 6) is 1.18. The van der Waals surface area contributed by atoms with Crippen molar-refractivity contribution in [2.24, 2.45) is 11.8 Å². The van der Waals surface area contributed by atoms with Crippen LogP contribution in [0.3, 0.4) is 0 Å². The van der Waals surface area contributed by atoms with E-state index in [1.807, 2.05) is 0 Å². The topological polar surface area (TPSA) is 52.6 Å². The first kappa shape index (κ1) is 15.1. The Morgan fingerprint density at radius 3 is 1.85 bits per heavy atom. The second-order valence-corrected chi connectivity index (χ2v) is 5.95. The molecule has 0 radical (unpaired) electrons. The van der Waals surface area contributed by atoms with E-state index in [0.717, 1.165) is 63.2 Å². The fraction of sp³-hybridized carbons (Fsp3) is 0.750. The zero-order valence-corrected chi connectivity index (χ0v) is 12.0. The molecular formula is C16H24O4. The van der Waals surface area contributed by atoms with Crippen LogP contribution in [0.5, 0.6) is 0 Å². The van der Waals surface area contributed by atoms with Crippen LogP contribution in [0.2, 0.25) is 0 Å². The van der Waals surface area contributed by atoms with Crippen LogP contribution in [0.4, 0.5) is 0 Å². The zero-order chi connectivity index (χ0) is 14.4. The van der Waals surface area contributed by atoms with Crippen LogP contribution < -0.4 is 0 Å². The van der Waals surface area contributed by atoms with E-state index in [1.54, 1.807) is 0 Å². The van der Waals surface area contributed by atoms with E-state index in [4.69, 9.17) is 9.47 Å². The highest BCUT2D eigenvalue weighted by Crippen LogP contribution is 2.39. The fourth-order valence-electron chi connectivity index (χ4n) is 3.66. The molecule has 0 aromatic carbocycles. The van der Waals surface area contributed by atoms with Crippen LogP contribution >= 0.6 is 0 Å². The summed E-state index contributed by atoms with van der Waals surface area (Å²) >= 11 is 0. The van der Waals surface area contributed by atoms with Gasteiger partial charge in [-0.3, -0.25) is 4.79 Å². The number of esters is 1.